The molecule has 0 amide bonds. The third-order valence-electron chi connectivity index (χ3n) is 4.82. The molecule has 1 heteroatoms. The van der Waals surface area contributed by atoms with Gasteiger partial charge in [-0.1, -0.05) is 47.5 Å². The van der Waals surface area contributed by atoms with E-state index in [1.54, 1.807) is 0 Å². The van der Waals surface area contributed by atoms with Gasteiger partial charge >= 0.3 is 0 Å². The van der Waals surface area contributed by atoms with Crippen LogP contribution in [-0.4, -0.2) is 10.7 Å². The van der Waals surface area contributed by atoms with Crippen LogP contribution in [0.5, 0.6) is 0 Å². The van der Waals surface area contributed by atoms with Gasteiger partial charge in [0.05, 0.1) is 5.60 Å². The van der Waals surface area contributed by atoms with Crippen LogP contribution >= 0.6 is 0 Å². The molecule has 16 heavy (non-hydrogen) atoms. The molecular formula is C15H30O. The maximum absolute atomic E-state index is 10.7. The molecule has 0 aromatic carbocycles. The van der Waals surface area contributed by atoms with Crippen LogP contribution in [0.2, 0.25) is 0 Å². The quantitative estimate of drug-likeness (QED) is 0.756. The maximum atomic E-state index is 10.7. The van der Waals surface area contributed by atoms with Crippen molar-refractivity contribution in [1.29, 1.82) is 0 Å². The average Bonchev–Trinajstić information content (AvgIpc) is 2.18. The molecule has 0 heterocycles. The standard InChI is InChI=1S/C15H30O/c1-6-12(7-2)15(16)10-8-13(9-11-15)14(3,4)5/h12-13,16H,6-11H2,1-5H3. The largest absolute Gasteiger partial charge is 0.390 e. The van der Waals surface area contributed by atoms with E-state index in [1.165, 1.54) is 12.8 Å². The molecule has 0 unspecified atom stereocenters. The molecule has 1 rings (SSSR count). The van der Waals surface area contributed by atoms with Crippen LogP contribution in [0.25, 0.3) is 0 Å². The highest BCUT2D eigenvalue weighted by atomic mass is 16.3. The summed E-state index contributed by atoms with van der Waals surface area (Å²) in [6, 6.07) is 0. The zero-order valence-corrected chi connectivity index (χ0v) is 11.8. The smallest absolute Gasteiger partial charge is 0.0675 e. The van der Waals surface area contributed by atoms with Crippen molar-refractivity contribution in [3.05, 3.63) is 0 Å². The molecule has 0 aliphatic heterocycles. The normalized spacial score (nSPS) is 32.1. The predicted octanol–water partition coefficient (Wildman–Crippen LogP) is 4.39. The summed E-state index contributed by atoms with van der Waals surface area (Å²) in [7, 11) is 0. The Morgan fingerprint density at radius 3 is 1.88 bits per heavy atom. The van der Waals surface area contributed by atoms with Gasteiger partial charge in [0.15, 0.2) is 0 Å². The summed E-state index contributed by atoms with van der Waals surface area (Å²) in [6.45, 7) is 11.4. The van der Waals surface area contributed by atoms with Gasteiger partial charge in [-0.25, -0.2) is 0 Å². The van der Waals surface area contributed by atoms with Crippen molar-refractivity contribution >= 4 is 0 Å². The molecule has 1 N–H and O–H groups in total. The molecule has 0 radical (unpaired) electrons. The minimum absolute atomic E-state index is 0.356. The molecule has 0 spiro atoms. The lowest BCUT2D eigenvalue weighted by molar-refractivity contribution is -0.0721. The second kappa shape index (κ2) is 5.08. The molecule has 0 saturated heterocycles. The lowest BCUT2D eigenvalue weighted by atomic mass is 9.64. The highest BCUT2D eigenvalue weighted by Gasteiger charge is 2.40. The summed E-state index contributed by atoms with van der Waals surface area (Å²) in [5.41, 5.74) is 0.0561. The van der Waals surface area contributed by atoms with Crippen molar-refractivity contribution < 1.29 is 5.11 Å². The Bertz CT molecular complexity index is 202. The van der Waals surface area contributed by atoms with E-state index < -0.39 is 0 Å². The predicted molar refractivity (Wildman–Crippen MR) is 70.4 cm³/mol. The van der Waals surface area contributed by atoms with Gasteiger partial charge in [0.1, 0.15) is 0 Å². The Morgan fingerprint density at radius 2 is 1.56 bits per heavy atom. The second-order valence-corrected chi connectivity index (χ2v) is 6.76. The van der Waals surface area contributed by atoms with Gasteiger partial charge in [0, 0.05) is 0 Å². The Hall–Kier alpha value is -0.0400. The highest BCUT2D eigenvalue weighted by molar-refractivity contribution is 4.92. The van der Waals surface area contributed by atoms with Crippen molar-refractivity contribution in [1.82, 2.24) is 0 Å². The van der Waals surface area contributed by atoms with Gasteiger partial charge in [-0.05, 0) is 42.9 Å². The van der Waals surface area contributed by atoms with Crippen LogP contribution in [-0.2, 0) is 0 Å². The average molecular weight is 226 g/mol. The molecule has 0 aromatic heterocycles. The first-order chi connectivity index (χ1) is 7.33. The molecule has 1 nitrogen and oxygen atoms in total. The summed E-state index contributed by atoms with van der Waals surface area (Å²) in [4.78, 5) is 0. The Morgan fingerprint density at radius 1 is 1.12 bits per heavy atom. The van der Waals surface area contributed by atoms with Gasteiger partial charge < -0.3 is 5.11 Å². The third kappa shape index (κ3) is 3.00. The van der Waals surface area contributed by atoms with Crippen molar-refractivity contribution in [2.45, 2.75) is 78.7 Å². The Labute approximate surface area is 102 Å². The van der Waals surface area contributed by atoms with E-state index >= 15 is 0 Å². The Balaban J connectivity index is 2.59. The number of hydrogen-bond donors (Lipinski definition) is 1. The van der Waals surface area contributed by atoms with E-state index in [-0.39, 0.29) is 5.60 Å². The topological polar surface area (TPSA) is 20.2 Å². The van der Waals surface area contributed by atoms with Crippen LogP contribution in [0, 0.1) is 17.3 Å². The first-order valence-corrected chi connectivity index (χ1v) is 7.06. The third-order valence-corrected chi connectivity index (χ3v) is 4.82. The van der Waals surface area contributed by atoms with Gasteiger partial charge in [-0.2, -0.15) is 0 Å². The molecule has 0 atom stereocenters. The number of hydrogen-bond acceptors (Lipinski definition) is 1. The summed E-state index contributed by atoms with van der Waals surface area (Å²) in [5.74, 6) is 1.30. The minimum atomic E-state index is -0.356. The fourth-order valence-electron chi connectivity index (χ4n) is 3.44. The van der Waals surface area contributed by atoms with Crippen LogP contribution < -0.4 is 0 Å². The summed E-state index contributed by atoms with van der Waals surface area (Å²) >= 11 is 0. The zero-order valence-electron chi connectivity index (χ0n) is 11.8. The minimum Gasteiger partial charge on any atom is -0.390 e. The fourth-order valence-corrected chi connectivity index (χ4v) is 3.44. The molecular weight excluding hydrogens is 196 g/mol. The van der Waals surface area contributed by atoms with Crippen molar-refractivity contribution in [2.75, 3.05) is 0 Å². The molecule has 1 fully saturated rings. The van der Waals surface area contributed by atoms with Gasteiger partial charge in [0.25, 0.3) is 0 Å². The zero-order chi connectivity index (χ0) is 12.4. The Kier molecular flexibility index (Phi) is 4.45. The lowest BCUT2D eigenvalue weighted by Crippen LogP contribution is -2.43. The van der Waals surface area contributed by atoms with Crippen LogP contribution in [0.4, 0.5) is 0 Å². The van der Waals surface area contributed by atoms with Crippen LogP contribution in [0.1, 0.15) is 73.1 Å². The van der Waals surface area contributed by atoms with E-state index in [0.29, 0.717) is 11.3 Å². The molecule has 1 saturated carbocycles. The van der Waals surface area contributed by atoms with Crippen molar-refractivity contribution in [3.8, 4) is 0 Å². The second-order valence-electron chi connectivity index (χ2n) is 6.76. The van der Waals surface area contributed by atoms with Gasteiger partial charge in [-0.15, -0.1) is 0 Å². The molecule has 0 bridgehead atoms. The van der Waals surface area contributed by atoms with Gasteiger partial charge in [0.2, 0.25) is 0 Å². The fraction of sp³-hybridized carbons (Fsp3) is 1.00. The van der Waals surface area contributed by atoms with E-state index in [0.717, 1.165) is 31.6 Å². The number of rotatable bonds is 3. The van der Waals surface area contributed by atoms with Crippen LogP contribution in [0.15, 0.2) is 0 Å². The lowest BCUT2D eigenvalue weighted by Gasteiger charge is -2.44. The molecule has 0 aromatic rings. The summed E-state index contributed by atoms with van der Waals surface area (Å²) < 4.78 is 0. The molecule has 96 valence electrons. The summed E-state index contributed by atoms with van der Waals surface area (Å²) in [5, 5.41) is 10.7. The van der Waals surface area contributed by atoms with Crippen LogP contribution in [0.3, 0.4) is 0 Å². The monoisotopic (exact) mass is 226 g/mol. The van der Waals surface area contributed by atoms with E-state index in [4.69, 9.17) is 0 Å². The molecule has 1 aliphatic rings. The summed E-state index contributed by atoms with van der Waals surface area (Å²) in [6.07, 6.45) is 6.68. The maximum Gasteiger partial charge on any atom is 0.0675 e. The van der Waals surface area contributed by atoms with E-state index in [2.05, 4.69) is 34.6 Å². The SMILES string of the molecule is CCC(CC)C1(O)CCC(C(C)(C)C)CC1. The highest BCUT2D eigenvalue weighted by Crippen LogP contribution is 2.45. The van der Waals surface area contributed by atoms with E-state index in [1.807, 2.05) is 0 Å². The van der Waals surface area contributed by atoms with Gasteiger partial charge in [-0.3, -0.25) is 0 Å². The van der Waals surface area contributed by atoms with E-state index in [9.17, 15) is 5.11 Å². The van der Waals surface area contributed by atoms with Crippen molar-refractivity contribution in [2.24, 2.45) is 17.3 Å². The van der Waals surface area contributed by atoms with Crippen molar-refractivity contribution in [3.63, 3.8) is 0 Å². The molecule has 1 aliphatic carbocycles. The first-order valence-electron chi connectivity index (χ1n) is 7.06. The number of aliphatic hydroxyl groups is 1. The first kappa shape index (κ1) is 14.0.